The molecule has 0 amide bonds. The number of isocyanates is 1. The van der Waals surface area contributed by atoms with Crippen molar-refractivity contribution in [1.29, 1.82) is 0 Å². The summed E-state index contributed by atoms with van der Waals surface area (Å²) in [6.07, 6.45) is 9.83. The number of rotatable bonds is 14. The first-order valence-electron chi connectivity index (χ1n) is 8.63. The molecule has 136 valence electrons. The summed E-state index contributed by atoms with van der Waals surface area (Å²) >= 11 is 0. The Hall–Kier alpha value is -0.740. The molecular weight excluding hydrogens is 294 g/mol. The molecule has 0 saturated carbocycles. The molecule has 1 unspecified atom stereocenters. The van der Waals surface area contributed by atoms with E-state index in [4.69, 9.17) is 14.2 Å². The van der Waals surface area contributed by atoms with Crippen LogP contribution >= 0.6 is 0 Å². The van der Waals surface area contributed by atoms with Gasteiger partial charge in [-0.15, -0.1) is 0 Å². The Morgan fingerprint density at radius 1 is 0.957 bits per heavy atom. The van der Waals surface area contributed by atoms with Crippen molar-refractivity contribution in [3.8, 4) is 0 Å². The summed E-state index contributed by atoms with van der Waals surface area (Å²) in [5.74, 6) is -1.16. The summed E-state index contributed by atoms with van der Waals surface area (Å²) < 4.78 is 16.7. The largest absolute Gasteiger partial charge is 0.331 e. The number of hydrogen-bond acceptors (Lipinski definition) is 5. The molecule has 0 radical (unpaired) electrons. The normalized spacial score (nSPS) is 13.7. The van der Waals surface area contributed by atoms with Crippen molar-refractivity contribution in [3.63, 3.8) is 0 Å². The van der Waals surface area contributed by atoms with Gasteiger partial charge >= 0.3 is 0 Å². The summed E-state index contributed by atoms with van der Waals surface area (Å²) in [6, 6.07) is 0. The fourth-order valence-electron chi connectivity index (χ4n) is 3.20. The Balaban J connectivity index is 4.96. The van der Waals surface area contributed by atoms with Crippen LogP contribution < -0.4 is 0 Å². The third kappa shape index (κ3) is 7.13. The lowest BCUT2D eigenvalue weighted by atomic mass is 9.74. The van der Waals surface area contributed by atoms with E-state index in [2.05, 4.69) is 25.8 Å². The minimum Gasteiger partial charge on any atom is -0.331 e. The van der Waals surface area contributed by atoms with Crippen LogP contribution in [0.4, 0.5) is 0 Å². The van der Waals surface area contributed by atoms with Crippen LogP contribution in [0.15, 0.2) is 4.99 Å². The molecule has 23 heavy (non-hydrogen) atoms. The lowest BCUT2D eigenvalue weighted by Gasteiger charge is -2.44. The Kier molecular flexibility index (Phi) is 11.4. The SMILES string of the molecule is CCCCCCCCC(C(C)(C)CN=C=O)C(OC)(OC)OC. The van der Waals surface area contributed by atoms with Crippen LogP contribution in [0, 0.1) is 11.3 Å². The van der Waals surface area contributed by atoms with Gasteiger partial charge in [0.05, 0.1) is 6.54 Å². The van der Waals surface area contributed by atoms with Gasteiger partial charge in [-0.1, -0.05) is 59.3 Å². The van der Waals surface area contributed by atoms with Gasteiger partial charge in [0.15, 0.2) is 0 Å². The number of carbonyl (C=O) groups excluding carboxylic acids is 1. The fourth-order valence-corrected chi connectivity index (χ4v) is 3.20. The number of hydrogen-bond donors (Lipinski definition) is 0. The van der Waals surface area contributed by atoms with E-state index in [1.807, 2.05) is 0 Å². The molecular formula is C18H35NO4. The second-order valence-corrected chi connectivity index (χ2v) is 6.72. The molecule has 5 nitrogen and oxygen atoms in total. The molecule has 5 heteroatoms. The Morgan fingerprint density at radius 3 is 1.96 bits per heavy atom. The molecule has 0 aromatic rings. The maximum absolute atomic E-state index is 10.5. The van der Waals surface area contributed by atoms with E-state index in [0.29, 0.717) is 6.54 Å². The number of ether oxygens (including phenoxy) is 3. The van der Waals surface area contributed by atoms with Crippen molar-refractivity contribution >= 4 is 6.08 Å². The van der Waals surface area contributed by atoms with Crippen molar-refractivity contribution in [2.45, 2.75) is 71.7 Å². The van der Waals surface area contributed by atoms with E-state index in [1.165, 1.54) is 32.1 Å². The molecule has 0 saturated heterocycles. The molecule has 0 aliphatic carbocycles. The zero-order valence-electron chi connectivity index (χ0n) is 15.8. The van der Waals surface area contributed by atoms with Gasteiger partial charge in [-0.3, -0.25) is 0 Å². The molecule has 0 fully saturated rings. The fraction of sp³-hybridized carbons (Fsp3) is 0.944. The van der Waals surface area contributed by atoms with Gasteiger partial charge in [-0.05, 0) is 11.8 Å². The van der Waals surface area contributed by atoms with Gasteiger partial charge in [0.2, 0.25) is 6.08 Å². The van der Waals surface area contributed by atoms with Crippen molar-refractivity contribution in [3.05, 3.63) is 0 Å². The number of aliphatic imine (C=N–C) groups is 1. The molecule has 0 aliphatic rings. The van der Waals surface area contributed by atoms with E-state index >= 15 is 0 Å². The highest BCUT2D eigenvalue weighted by atomic mass is 16.9. The highest BCUT2D eigenvalue weighted by molar-refractivity contribution is 5.33. The zero-order chi connectivity index (χ0) is 17.8. The molecule has 0 bridgehead atoms. The quantitative estimate of drug-likeness (QED) is 0.206. The highest BCUT2D eigenvalue weighted by Crippen LogP contribution is 2.42. The summed E-state index contributed by atoms with van der Waals surface area (Å²) in [4.78, 5) is 14.3. The van der Waals surface area contributed by atoms with Gasteiger partial charge in [-0.2, -0.15) is 0 Å². The van der Waals surface area contributed by atoms with Gasteiger partial charge in [0, 0.05) is 27.2 Å². The molecule has 1 atom stereocenters. The average molecular weight is 329 g/mol. The summed E-state index contributed by atoms with van der Waals surface area (Å²) in [6.45, 7) is 6.70. The third-order valence-corrected chi connectivity index (χ3v) is 4.62. The van der Waals surface area contributed by atoms with Crippen LogP contribution in [0.25, 0.3) is 0 Å². The van der Waals surface area contributed by atoms with Crippen LogP contribution in [-0.2, 0) is 19.0 Å². The van der Waals surface area contributed by atoms with Crippen LogP contribution in [0.1, 0.15) is 65.7 Å². The van der Waals surface area contributed by atoms with Crippen LogP contribution in [-0.4, -0.2) is 39.9 Å². The van der Waals surface area contributed by atoms with E-state index in [9.17, 15) is 4.79 Å². The zero-order valence-corrected chi connectivity index (χ0v) is 15.8. The minimum absolute atomic E-state index is 0.0433. The van der Waals surface area contributed by atoms with Gasteiger partial charge < -0.3 is 14.2 Å². The maximum Gasteiger partial charge on any atom is 0.285 e. The predicted molar refractivity (Wildman–Crippen MR) is 92.0 cm³/mol. The number of unbranched alkanes of at least 4 members (excludes halogenated alkanes) is 5. The van der Waals surface area contributed by atoms with Crippen LogP contribution in [0.3, 0.4) is 0 Å². The van der Waals surface area contributed by atoms with Crippen molar-refractivity contribution in [1.82, 2.24) is 0 Å². The van der Waals surface area contributed by atoms with E-state index in [0.717, 1.165) is 12.8 Å². The average Bonchev–Trinajstić information content (AvgIpc) is 2.55. The van der Waals surface area contributed by atoms with E-state index < -0.39 is 5.97 Å². The molecule has 0 spiro atoms. The smallest absolute Gasteiger partial charge is 0.285 e. The molecule has 0 aromatic carbocycles. The highest BCUT2D eigenvalue weighted by Gasteiger charge is 2.48. The first kappa shape index (κ1) is 22.3. The Morgan fingerprint density at radius 2 is 1.48 bits per heavy atom. The first-order chi connectivity index (χ1) is 10.9. The summed E-state index contributed by atoms with van der Waals surface area (Å²) in [7, 11) is 4.75. The van der Waals surface area contributed by atoms with E-state index in [-0.39, 0.29) is 11.3 Å². The summed E-state index contributed by atoms with van der Waals surface area (Å²) in [5.41, 5.74) is -0.303. The third-order valence-electron chi connectivity index (χ3n) is 4.62. The van der Waals surface area contributed by atoms with Crippen molar-refractivity contribution < 1.29 is 19.0 Å². The standard InChI is InChI=1S/C18H35NO4/c1-7-8-9-10-11-12-13-16(17(2,3)14-19-15-20)18(21-4,22-5)23-6/h16H,7-14H2,1-6H3. The van der Waals surface area contributed by atoms with Gasteiger partial charge in [-0.25, -0.2) is 9.79 Å². The second-order valence-electron chi connectivity index (χ2n) is 6.72. The van der Waals surface area contributed by atoms with Crippen molar-refractivity contribution in [2.75, 3.05) is 27.9 Å². The molecule has 0 aromatic heterocycles. The van der Waals surface area contributed by atoms with Crippen LogP contribution in [0.5, 0.6) is 0 Å². The molecule has 0 N–H and O–H groups in total. The van der Waals surface area contributed by atoms with Crippen LogP contribution in [0.2, 0.25) is 0 Å². The topological polar surface area (TPSA) is 57.1 Å². The number of methoxy groups -OCH3 is 3. The van der Waals surface area contributed by atoms with Gasteiger partial charge in [0.1, 0.15) is 0 Å². The predicted octanol–water partition coefficient (Wildman–Crippen LogP) is 4.31. The number of nitrogens with zero attached hydrogens (tertiary/aromatic N) is 1. The Labute approximate surface area is 141 Å². The Bertz CT molecular complexity index is 339. The monoisotopic (exact) mass is 329 g/mol. The lowest BCUT2D eigenvalue weighted by molar-refractivity contribution is -0.391. The van der Waals surface area contributed by atoms with Crippen molar-refractivity contribution in [2.24, 2.45) is 16.3 Å². The first-order valence-corrected chi connectivity index (χ1v) is 8.63. The minimum atomic E-state index is -1.12. The molecule has 0 rings (SSSR count). The van der Waals surface area contributed by atoms with E-state index in [1.54, 1.807) is 27.4 Å². The maximum atomic E-state index is 10.5. The molecule has 0 aliphatic heterocycles. The summed E-state index contributed by atoms with van der Waals surface area (Å²) in [5, 5.41) is 0. The second kappa shape index (κ2) is 11.7. The molecule has 0 heterocycles. The van der Waals surface area contributed by atoms with Gasteiger partial charge in [0.25, 0.3) is 5.97 Å². The lowest BCUT2D eigenvalue weighted by Crippen LogP contribution is -2.51.